The standard InChI is InChI=1S/C17H16F3NO2S/c18-17(19,20)12-8-9-15(22)14(11-12)21-16(23)7-4-10-24-13-5-2-1-3-6-13/h1-3,5-6,8-9,11,22H,4,7,10H2,(H,21,23). The number of nitrogens with one attached hydrogen (secondary N) is 1. The Labute approximate surface area is 141 Å². The van der Waals surface area contributed by atoms with Crippen molar-refractivity contribution in [3.63, 3.8) is 0 Å². The van der Waals surface area contributed by atoms with Crippen LogP contribution >= 0.6 is 11.8 Å². The van der Waals surface area contributed by atoms with Crippen molar-refractivity contribution < 1.29 is 23.1 Å². The molecule has 0 aromatic heterocycles. The molecule has 128 valence electrons. The van der Waals surface area contributed by atoms with Gasteiger partial charge in [0.1, 0.15) is 5.75 Å². The first-order valence-electron chi connectivity index (χ1n) is 7.24. The van der Waals surface area contributed by atoms with Crippen molar-refractivity contribution in [2.24, 2.45) is 0 Å². The van der Waals surface area contributed by atoms with Gasteiger partial charge in [-0.25, -0.2) is 0 Å². The fraction of sp³-hybridized carbons (Fsp3) is 0.235. The second-order valence-electron chi connectivity index (χ2n) is 5.04. The number of phenols is 1. The lowest BCUT2D eigenvalue weighted by Crippen LogP contribution is -2.13. The van der Waals surface area contributed by atoms with E-state index in [1.54, 1.807) is 11.8 Å². The third-order valence-electron chi connectivity index (χ3n) is 3.16. The monoisotopic (exact) mass is 355 g/mol. The lowest BCUT2D eigenvalue weighted by Gasteiger charge is -2.11. The predicted molar refractivity (Wildman–Crippen MR) is 88.1 cm³/mol. The molecule has 2 aromatic rings. The number of anilines is 1. The zero-order valence-corrected chi connectivity index (χ0v) is 13.5. The SMILES string of the molecule is O=C(CCCSc1ccccc1)Nc1cc(C(F)(F)F)ccc1O. The van der Waals surface area contributed by atoms with Gasteiger partial charge in [-0.3, -0.25) is 4.79 Å². The highest BCUT2D eigenvalue weighted by Crippen LogP contribution is 2.34. The molecule has 3 nitrogen and oxygen atoms in total. The topological polar surface area (TPSA) is 49.3 Å². The number of phenolic OH excluding ortho intramolecular Hbond substituents is 1. The lowest BCUT2D eigenvalue weighted by molar-refractivity contribution is -0.137. The Bertz CT molecular complexity index is 690. The zero-order chi connectivity index (χ0) is 17.6. The summed E-state index contributed by atoms with van der Waals surface area (Å²) in [6.07, 6.45) is -3.79. The Morgan fingerprint density at radius 1 is 1.12 bits per heavy atom. The van der Waals surface area contributed by atoms with E-state index in [-0.39, 0.29) is 12.1 Å². The minimum absolute atomic E-state index is 0.162. The molecule has 0 aliphatic carbocycles. The molecule has 0 saturated carbocycles. The molecule has 0 atom stereocenters. The third kappa shape index (κ3) is 5.49. The number of amides is 1. The average Bonchev–Trinajstić information content (AvgIpc) is 2.53. The van der Waals surface area contributed by atoms with Gasteiger partial charge in [-0.15, -0.1) is 11.8 Å². The Balaban J connectivity index is 1.84. The summed E-state index contributed by atoms with van der Waals surface area (Å²) in [4.78, 5) is 12.9. The maximum Gasteiger partial charge on any atom is 0.416 e. The molecular weight excluding hydrogens is 339 g/mol. The molecule has 0 aliphatic heterocycles. The van der Waals surface area contributed by atoms with Crippen LogP contribution in [0.15, 0.2) is 53.4 Å². The maximum atomic E-state index is 12.6. The summed E-state index contributed by atoms with van der Waals surface area (Å²) in [7, 11) is 0. The molecule has 0 spiro atoms. The molecular formula is C17H16F3NO2S. The van der Waals surface area contributed by atoms with E-state index < -0.39 is 23.4 Å². The number of carbonyl (C=O) groups excluding carboxylic acids is 1. The molecule has 2 aromatic carbocycles. The van der Waals surface area contributed by atoms with E-state index in [4.69, 9.17) is 0 Å². The van der Waals surface area contributed by atoms with Gasteiger partial charge in [0.2, 0.25) is 5.91 Å². The molecule has 0 fully saturated rings. The molecule has 0 heterocycles. The van der Waals surface area contributed by atoms with Crippen LogP contribution in [0.2, 0.25) is 0 Å². The Morgan fingerprint density at radius 2 is 1.83 bits per heavy atom. The van der Waals surface area contributed by atoms with Gasteiger partial charge in [0, 0.05) is 11.3 Å². The quantitative estimate of drug-likeness (QED) is 0.439. The van der Waals surface area contributed by atoms with Gasteiger partial charge in [-0.1, -0.05) is 18.2 Å². The highest BCUT2D eigenvalue weighted by Gasteiger charge is 2.31. The van der Waals surface area contributed by atoms with E-state index >= 15 is 0 Å². The lowest BCUT2D eigenvalue weighted by atomic mass is 10.1. The number of carbonyl (C=O) groups is 1. The number of alkyl halides is 3. The van der Waals surface area contributed by atoms with Crippen molar-refractivity contribution in [3.05, 3.63) is 54.1 Å². The molecule has 0 radical (unpaired) electrons. The summed E-state index contributed by atoms with van der Waals surface area (Å²) < 4.78 is 37.9. The smallest absolute Gasteiger partial charge is 0.416 e. The van der Waals surface area contributed by atoms with Gasteiger partial charge < -0.3 is 10.4 Å². The summed E-state index contributed by atoms with van der Waals surface area (Å²) in [6, 6.07) is 12.1. The van der Waals surface area contributed by atoms with Crippen molar-refractivity contribution in [1.82, 2.24) is 0 Å². The van der Waals surface area contributed by atoms with E-state index in [1.807, 2.05) is 30.3 Å². The summed E-state index contributed by atoms with van der Waals surface area (Å²) >= 11 is 1.60. The van der Waals surface area contributed by atoms with Crippen molar-refractivity contribution >= 4 is 23.4 Å². The van der Waals surface area contributed by atoms with Gasteiger partial charge in [0.05, 0.1) is 11.3 Å². The molecule has 2 rings (SSSR count). The first-order valence-corrected chi connectivity index (χ1v) is 8.23. The minimum Gasteiger partial charge on any atom is -0.506 e. The minimum atomic E-state index is -4.53. The highest BCUT2D eigenvalue weighted by molar-refractivity contribution is 7.99. The molecule has 24 heavy (non-hydrogen) atoms. The largest absolute Gasteiger partial charge is 0.506 e. The third-order valence-corrected chi connectivity index (χ3v) is 4.26. The van der Waals surface area contributed by atoms with Crippen molar-refractivity contribution in [1.29, 1.82) is 0 Å². The fourth-order valence-corrected chi connectivity index (χ4v) is 2.84. The number of rotatable bonds is 6. The number of thioether (sulfide) groups is 1. The summed E-state index contributed by atoms with van der Waals surface area (Å²) in [5, 5.41) is 11.9. The van der Waals surface area contributed by atoms with Gasteiger partial charge in [-0.2, -0.15) is 13.2 Å². The van der Waals surface area contributed by atoms with E-state index in [9.17, 15) is 23.1 Å². The summed E-state index contributed by atoms with van der Waals surface area (Å²) in [6.45, 7) is 0. The number of benzene rings is 2. The number of halogens is 3. The number of aromatic hydroxyl groups is 1. The van der Waals surface area contributed by atoms with Crippen LogP contribution in [0, 0.1) is 0 Å². The van der Waals surface area contributed by atoms with Crippen LogP contribution in [0.1, 0.15) is 18.4 Å². The van der Waals surface area contributed by atoms with Crippen LogP contribution in [0.4, 0.5) is 18.9 Å². The van der Waals surface area contributed by atoms with Crippen molar-refractivity contribution in [2.45, 2.75) is 23.9 Å². The van der Waals surface area contributed by atoms with Gasteiger partial charge in [0.25, 0.3) is 0 Å². The van der Waals surface area contributed by atoms with Crippen LogP contribution in [0.5, 0.6) is 5.75 Å². The Kier molecular flexibility index (Phi) is 6.14. The number of hydrogen-bond acceptors (Lipinski definition) is 3. The molecule has 0 unspecified atom stereocenters. The van der Waals surface area contributed by atoms with E-state index in [0.29, 0.717) is 12.2 Å². The molecule has 0 saturated heterocycles. The molecule has 0 aliphatic rings. The normalized spacial score (nSPS) is 11.3. The maximum absolute atomic E-state index is 12.6. The fourth-order valence-electron chi connectivity index (χ4n) is 1.96. The second kappa shape index (κ2) is 8.10. The first kappa shape index (κ1) is 18.2. The number of hydrogen-bond donors (Lipinski definition) is 2. The van der Waals surface area contributed by atoms with E-state index in [2.05, 4.69) is 5.32 Å². The van der Waals surface area contributed by atoms with Crippen LogP contribution in [-0.4, -0.2) is 16.8 Å². The molecule has 1 amide bonds. The van der Waals surface area contributed by atoms with E-state index in [0.717, 1.165) is 23.1 Å². The van der Waals surface area contributed by atoms with Crippen molar-refractivity contribution in [2.75, 3.05) is 11.1 Å². The zero-order valence-electron chi connectivity index (χ0n) is 12.6. The second-order valence-corrected chi connectivity index (χ2v) is 6.21. The van der Waals surface area contributed by atoms with Gasteiger partial charge in [0.15, 0.2) is 0 Å². The van der Waals surface area contributed by atoms with Crippen molar-refractivity contribution in [3.8, 4) is 5.75 Å². The molecule has 2 N–H and O–H groups in total. The molecule has 7 heteroatoms. The van der Waals surface area contributed by atoms with Gasteiger partial charge >= 0.3 is 6.18 Å². The van der Waals surface area contributed by atoms with Crippen LogP contribution < -0.4 is 5.32 Å². The van der Waals surface area contributed by atoms with Crippen LogP contribution in [-0.2, 0) is 11.0 Å². The first-order chi connectivity index (χ1) is 11.4. The Morgan fingerprint density at radius 3 is 2.50 bits per heavy atom. The summed E-state index contributed by atoms with van der Waals surface area (Å²) in [5.74, 6) is -0.111. The van der Waals surface area contributed by atoms with E-state index in [1.165, 1.54) is 0 Å². The summed E-state index contributed by atoms with van der Waals surface area (Å²) in [5.41, 5.74) is -1.15. The highest BCUT2D eigenvalue weighted by atomic mass is 32.2. The molecule has 0 bridgehead atoms. The van der Waals surface area contributed by atoms with Crippen LogP contribution in [0.3, 0.4) is 0 Å². The van der Waals surface area contributed by atoms with Gasteiger partial charge in [-0.05, 0) is 42.5 Å². The average molecular weight is 355 g/mol. The van der Waals surface area contributed by atoms with Crippen LogP contribution in [0.25, 0.3) is 0 Å². The predicted octanol–water partition coefficient (Wildman–Crippen LogP) is 4.92. The Hall–Kier alpha value is -2.15.